The molecule has 0 heterocycles. The summed E-state index contributed by atoms with van der Waals surface area (Å²) in [6.07, 6.45) is 0. The average Bonchev–Trinajstić information content (AvgIpc) is 2.52. The SMILES string of the molecule is COc1cccc(SCCOc2ccccc2[N+](=O)[O-])c1. The molecule has 0 aromatic heterocycles. The lowest BCUT2D eigenvalue weighted by molar-refractivity contribution is -0.385. The number of hydrogen-bond donors (Lipinski definition) is 0. The number of para-hydroxylation sites is 2. The van der Waals surface area contributed by atoms with Crippen molar-refractivity contribution in [3.8, 4) is 11.5 Å². The summed E-state index contributed by atoms with van der Waals surface area (Å²) in [5.41, 5.74) is -0.0103. The van der Waals surface area contributed by atoms with Crippen LogP contribution >= 0.6 is 11.8 Å². The lowest BCUT2D eigenvalue weighted by Gasteiger charge is -2.07. The molecule has 6 heteroatoms. The largest absolute Gasteiger partial charge is 0.497 e. The van der Waals surface area contributed by atoms with Crippen LogP contribution in [-0.2, 0) is 0 Å². The molecule has 2 aromatic carbocycles. The van der Waals surface area contributed by atoms with Gasteiger partial charge in [-0.1, -0.05) is 18.2 Å². The van der Waals surface area contributed by atoms with E-state index in [-0.39, 0.29) is 5.69 Å². The highest BCUT2D eigenvalue weighted by Crippen LogP contribution is 2.27. The minimum absolute atomic E-state index is 0.0103. The molecule has 0 N–H and O–H groups in total. The van der Waals surface area contributed by atoms with Crippen LogP contribution < -0.4 is 9.47 Å². The topological polar surface area (TPSA) is 61.6 Å². The first-order valence-electron chi connectivity index (χ1n) is 6.34. The van der Waals surface area contributed by atoms with Crippen molar-refractivity contribution < 1.29 is 14.4 Å². The molecule has 0 amide bonds. The summed E-state index contributed by atoms with van der Waals surface area (Å²) in [7, 11) is 1.63. The molecule has 2 rings (SSSR count). The number of methoxy groups -OCH3 is 1. The van der Waals surface area contributed by atoms with Gasteiger partial charge in [0.1, 0.15) is 5.75 Å². The van der Waals surface area contributed by atoms with Gasteiger partial charge in [0.05, 0.1) is 18.6 Å². The van der Waals surface area contributed by atoms with Crippen LogP contribution in [-0.4, -0.2) is 24.4 Å². The third kappa shape index (κ3) is 4.39. The van der Waals surface area contributed by atoms with E-state index in [1.807, 2.05) is 24.3 Å². The second-order valence-corrected chi connectivity index (χ2v) is 5.27. The highest BCUT2D eigenvalue weighted by Gasteiger charge is 2.13. The Kier molecular flexibility index (Phi) is 5.45. The zero-order valence-electron chi connectivity index (χ0n) is 11.5. The van der Waals surface area contributed by atoms with E-state index < -0.39 is 4.92 Å². The summed E-state index contributed by atoms with van der Waals surface area (Å²) < 4.78 is 10.6. The van der Waals surface area contributed by atoms with Gasteiger partial charge in [0.2, 0.25) is 0 Å². The quantitative estimate of drug-likeness (QED) is 0.337. The molecule has 0 aliphatic heterocycles. The first-order valence-corrected chi connectivity index (χ1v) is 7.32. The van der Waals surface area contributed by atoms with E-state index in [0.29, 0.717) is 18.1 Å². The minimum atomic E-state index is -0.440. The standard InChI is InChI=1S/C15H15NO4S/c1-19-12-5-4-6-13(11-12)21-10-9-20-15-8-3-2-7-14(15)16(17)18/h2-8,11H,9-10H2,1H3. The van der Waals surface area contributed by atoms with Crippen LogP contribution in [0.25, 0.3) is 0 Å². The lowest BCUT2D eigenvalue weighted by atomic mass is 10.3. The van der Waals surface area contributed by atoms with Crippen LogP contribution in [0.5, 0.6) is 11.5 Å². The third-order valence-corrected chi connectivity index (χ3v) is 3.67. The smallest absolute Gasteiger partial charge is 0.310 e. The number of ether oxygens (including phenoxy) is 2. The normalized spacial score (nSPS) is 10.1. The molecule has 0 unspecified atom stereocenters. The Hall–Kier alpha value is -2.21. The fourth-order valence-corrected chi connectivity index (χ4v) is 2.51. The Balaban J connectivity index is 1.86. The number of rotatable bonds is 7. The van der Waals surface area contributed by atoms with Crippen LogP contribution in [0.2, 0.25) is 0 Å². The fourth-order valence-electron chi connectivity index (χ4n) is 1.73. The maximum absolute atomic E-state index is 10.9. The van der Waals surface area contributed by atoms with Gasteiger partial charge in [-0.15, -0.1) is 11.8 Å². The van der Waals surface area contributed by atoms with Crippen molar-refractivity contribution in [1.29, 1.82) is 0 Å². The number of nitro benzene ring substituents is 1. The number of hydrogen-bond acceptors (Lipinski definition) is 5. The molecule has 0 saturated heterocycles. The monoisotopic (exact) mass is 305 g/mol. The van der Waals surface area contributed by atoms with Gasteiger partial charge in [-0.2, -0.15) is 0 Å². The molecule has 2 aromatic rings. The zero-order valence-corrected chi connectivity index (χ0v) is 12.3. The molecule has 110 valence electrons. The molecule has 0 radical (unpaired) electrons. The van der Waals surface area contributed by atoms with Gasteiger partial charge in [0.25, 0.3) is 0 Å². The molecule has 0 saturated carbocycles. The molecule has 0 aliphatic carbocycles. The van der Waals surface area contributed by atoms with Crippen LogP contribution in [0.4, 0.5) is 5.69 Å². The third-order valence-electron chi connectivity index (χ3n) is 2.71. The first-order chi connectivity index (χ1) is 10.2. The van der Waals surface area contributed by atoms with Crippen molar-refractivity contribution in [3.63, 3.8) is 0 Å². The Bertz CT molecular complexity index is 618. The summed E-state index contributed by atoms with van der Waals surface area (Å²) in [4.78, 5) is 11.5. The van der Waals surface area contributed by atoms with Crippen LogP contribution in [0.3, 0.4) is 0 Å². The van der Waals surface area contributed by atoms with Gasteiger partial charge in [-0.05, 0) is 24.3 Å². The summed E-state index contributed by atoms with van der Waals surface area (Å²) in [5.74, 6) is 1.80. The van der Waals surface area contributed by atoms with E-state index in [0.717, 1.165) is 10.6 Å². The molecule has 0 fully saturated rings. The Morgan fingerprint density at radius 3 is 2.76 bits per heavy atom. The van der Waals surface area contributed by atoms with Crippen molar-refractivity contribution in [3.05, 3.63) is 58.6 Å². The summed E-state index contributed by atoms with van der Waals surface area (Å²) in [6, 6.07) is 14.1. The number of benzene rings is 2. The predicted octanol–water partition coefficient (Wildman–Crippen LogP) is 3.77. The van der Waals surface area contributed by atoms with E-state index in [9.17, 15) is 10.1 Å². The molecular weight excluding hydrogens is 290 g/mol. The van der Waals surface area contributed by atoms with Gasteiger partial charge in [-0.3, -0.25) is 10.1 Å². The second kappa shape index (κ2) is 7.54. The van der Waals surface area contributed by atoms with Crippen molar-refractivity contribution in [1.82, 2.24) is 0 Å². The fraction of sp³-hybridized carbons (Fsp3) is 0.200. The molecule has 0 spiro atoms. The maximum atomic E-state index is 10.9. The Labute approximate surface area is 127 Å². The van der Waals surface area contributed by atoms with Gasteiger partial charge >= 0.3 is 5.69 Å². The number of nitro groups is 1. The van der Waals surface area contributed by atoms with Crippen molar-refractivity contribution in [2.24, 2.45) is 0 Å². The Morgan fingerprint density at radius 1 is 1.19 bits per heavy atom. The van der Waals surface area contributed by atoms with E-state index in [2.05, 4.69) is 0 Å². The van der Waals surface area contributed by atoms with Crippen molar-refractivity contribution in [2.75, 3.05) is 19.5 Å². The minimum Gasteiger partial charge on any atom is -0.497 e. The predicted molar refractivity (Wildman–Crippen MR) is 82.3 cm³/mol. The molecule has 0 aliphatic rings. The maximum Gasteiger partial charge on any atom is 0.310 e. The van der Waals surface area contributed by atoms with Crippen LogP contribution in [0.1, 0.15) is 0 Å². The summed E-state index contributed by atoms with van der Waals surface area (Å²) in [5, 5.41) is 10.9. The highest BCUT2D eigenvalue weighted by atomic mass is 32.2. The van der Waals surface area contributed by atoms with Gasteiger partial charge in [0, 0.05) is 16.7 Å². The molecule has 0 bridgehead atoms. The van der Waals surface area contributed by atoms with Crippen LogP contribution in [0, 0.1) is 10.1 Å². The Morgan fingerprint density at radius 2 is 2.00 bits per heavy atom. The summed E-state index contributed by atoms with van der Waals surface area (Å²) in [6.45, 7) is 0.396. The second-order valence-electron chi connectivity index (χ2n) is 4.10. The van der Waals surface area contributed by atoms with E-state index >= 15 is 0 Å². The van der Waals surface area contributed by atoms with Gasteiger partial charge in [-0.25, -0.2) is 0 Å². The number of nitrogens with zero attached hydrogens (tertiary/aromatic N) is 1. The molecule has 0 atom stereocenters. The number of thioether (sulfide) groups is 1. The van der Waals surface area contributed by atoms with Crippen molar-refractivity contribution in [2.45, 2.75) is 4.90 Å². The van der Waals surface area contributed by atoms with Crippen LogP contribution in [0.15, 0.2) is 53.4 Å². The van der Waals surface area contributed by atoms with Gasteiger partial charge < -0.3 is 9.47 Å². The first kappa shape index (κ1) is 15.2. The molecule has 21 heavy (non-hydrogen) atoms. The molecule has 5 nitrogen and oxygen atoms in total. The average molecular weight is 305 g/mol. The molecular formula is C15H15NO4S. The van der Waals surface area contributed by atoms with E-state index in [1.54, 1.807) is 37.1 Å². The van der Waals surface area contributed by atoms with Crippen molar-refractivity contribution >= 4 is 17.4 Å². The lowest BCUT2D eigenvalue weighted by Crippen LogP contribution is -2.02. The highest BCUT2D eigenvalue weighted by molar-refractivity contribution is 7.99. The van der Waals surface area contributed by atoms with E-state index in [4.69, 9.17) is 9.47 Å². The summed E-state index contributed by atoms with van der Waals surface area (Å²) >= 11 is 1.61. The van der Waals surface area contributed by atoms with Gasteiger partial charge in [0.15, 0.2) is 5.75 Å². The zero-order chi connectivity index (χ0) is 15.1. The van der Waals surface area contributed by atoms with E-state index in [1.165, 1.54) is 6.07 Å².